The van der Waals surface area contributed by atoms with Gasteiger partial charge >= 0.3 is 0 Å². The van der Waals surface area contributed by atoms with Crippen LogP contribution in [0.5, 0.6) is 5.75 Å². The third-order valence-electron chi connectivity index (χ3n) is 4.84. The fourth-order valence-corrected chi connectivity index (χ4v) is 3.22. The molecule has 162 valence electrons. The van der Waals surface area contributed by atoms with Crippen molar-refractivity contribution in [1.29, 1.82) is 0 Å². The average molecular weight is 415 g/mol. The Morgan fingerprint density at radius 2 is 1.90 bits per heavy atom. The molecule has 2 aromatic carbocycles. The largest absolute Gasteiger partial charge is 0.481 e. The number of unbranched alkanes of at least 4 members (excludes halogenated alkanes) is 1. The highest BCUT2D eigenvalue weighted by Crippen LogP contribution is 2.17. The normalized spacial score (nSPS) is 11.6. The number of aryl methyl sites for hydroxylation is 1. The van der Waals surface area contributed by atoms with Crippen LogP contribution in [0.25, 0.3) is 0 Å². The molecule has 0 saturated carbocycles. The van der Waals surface area contributed by atoms with Crippen molar-refractivity contribution in [2.75, 3.05) is 13.2 Å². The van der Waals surface area contributed by atoms with Gasteiger partial charge in [-0.05, 0) is 37.5 Å². The van der Waals surface area contributed by atoms with Crippen LogP contribution in [-0.2, 0) is 16.1 Å². The van der Waals surface area contributed by atoms with Crippen LogP contribution in [0.4, 0.5) is 4.39 Å². The highest BCUT2D eigenvalue weighted by atomic mass is 19.1. The molecule has 1 unspecified atom stereocenters. The standard InChI is InChI=1S/C24H31FN2O3/c1-4-6-14-26-24(29)21(5-2)27(16-19-11-9-10-18(3)15-19)23(28)17-30-22-13-8-7-12-20(22)25/h7-13,15,21H,4-6,14,16-17H2,1-3H3,(H,26,29). The second-order valence-corrected chi connectivity index (χ2v) is 7.30. The molecule has 0 radical (unpaired) electrons. The number of hydrogen-bond donors (Lipinski definition) is 1. The van der Waals surface area contributed by atoms with Crippen molar-refractivity contribution in [3.8, 4) is 5.75 Å². The van der Waals surface area contributed by atoms with E-state index in [0.717, 1.165) is 24.0 Å². The monoisotopic (exact) mass is 414 g/mol. The number of para-hydroxylation sites is 1. The molecule has 1 N–H and O–H groups in total. The maximum atomic E-state index is 13.8. The van der Waals surface area contributed by atoms with Gasteiger partial charge in [-0.3, -0.25) is 9.59 Å². The van der Waals surface area contributed by atoms with Crippen LogP contribution in [0.3, 0.4) is 0 Å². The predicted molar refractivity (Wildman–Crippen MR) is 116 cm³/mol. The van der Waals surface area contributed by atoms with Gasteiger partial charge < -0.3 is 15.0 Å². The van der Waals surface area contributed by atoms with Gasteiger partial charge in [-0.2, -0.15) is 0 Å². The Morgan fingerprint density at radius 1 is 1.13 bits per heavy atom. The van der Waals surface area contributed by atoms with Crippen molar-refractivity contribution < 1.29 is 18.7 Å². The summed E-state index contributed by atoms with van der Waals surface area (Å²) in [6.45, 7) is 6.41. The van der Waals surface area contributed by atoms with Gasteiger partial charge in [0.05, 0.1) is 0 Å². The Morgan fingerprint density at radius 3 is 2.57 bits per heavy atom. The van der Waals surface area contributed by atoms with Crippen molar-refractivity contribution in [2.24, 2.45) is 0 Å². The summed E-state index contributed by atoms with van der Waals surface area (Å²) in [5.74, 6) is -1.06. The van der Waals surface area contributed by atoms with E-state index in [2.05, 4.69) is 12.2 Å². The molecular formula is C24H31FN2O3. The fraction of sp³-hybridized carbons (Fsp3) is 0.417. The van der Waals surface area contributed by atoms with Crippen molar-refractivity contribution in [1.82, 2.24) is 10.2 Å². The summed E-state index contributed by atoms with van der Waals surface area (Å²) in [5.41, 5.74) is 2.00. The van der Waals surface area contributed by atoms with Crippen molar-refractivity contribution in [3.63, 3.8) is 0 Å². The van der Waals surface area contributed by atoms with E-state index in [1.165, 1.54) is 17.0 Å². The van der Waals surface area contributed by atoms with Crippen LogP contribution >= 0.6 is 0 Å². The Kier molecular flexibility index (Phi) is 9.32. The van der Waals surface area contributed by atoms with E-state index in [4.69, 9.17) is 4.74 Å². The Bertz CT molecular complexity index is 841. The third-order valence-corrected chi connectivity index (χ3v) is 4.84. The van der Waals surface area contributed by atoms with Crippen molar-refractivity contribution in [2.45, 2.75) is 52.6 Å². The summed E-state index contributed by atoms with van der Waals surface area (Å²) >= 11 is 0. The smallest absolute Gasteiger partial charge is 0.261 e. The first kappa shape index (κ1) is 23.4. The number of rotatable bonds is 11. The molecule has 30 heavy (non-hydrogen) atoms. The zero-order chi connectivity index (χ0) is 21.9. The Labute approximate surface area is 178 Å². The van der Waals surface area contributed by atoms with E-state index in [1.807, 2.05) is 38.1 Å². The molecule has 0 aliphatic heterocycles. The number of amides is 2. The van der Waals surface area contributed by atoms with Crippen molar-refractivity contribution in [3.05, 3.63) is 65.5 Å². The van der Waals surface area contributed by atoms with Gasteiger partial charge in [-0.25, -0.2) is 4.39 Å². The minimum absolute atomic E-state index is 0.0156. The molecule has 0 aliphatic carbocycles. The Balaban J connectivity index is 2.18. The first-order valence-electron chi connectivity index (χ1n) is 10.5. The summed E-state index contributed by atoms with van der Waals surface area (Å²) in [4.78, 5) is 27.3. The zero-order valence-corrected chi connectivity index (χ0v) is 18.0. The number of ether oxygens (including phenoxy) is 1. The van der Waals surface area contributed by atoms with Crippen molar-refractivity contribution >= 4 is 11.8 Å². The number of nitrogens with one attached hydrogen (secondary N) is 1. The van der Waals surface area contributed by atoms with Gasteiger partial charge in [0, 0.05) is 13.1 Å². The highest BCUT2D eigenvalue weighted by Gasteiger charge is 2.29. The summed E-state index contributed by atoms with van der Waals surface area (Å²) in [6, 6.07) is 13.1. The molecule has 5 nitrogen and oxygen atoms in total. The average Bonchev–Trinajstić information content (AvgIpc) is 2.73. The van der Waals surface area contributed by atoms with Gasteiger partial charge in [-0.15, -0.1) is 0 Å². The predicted octanol–water partition coefficient (Wildman–Crippen LogP) is 4.24. The molecule has 0 fully saturated rings. The lowest BCUT2D eigenvalue weighted by atomic mass is 10.1. The van der Waals surface area contributed by atoms with E-state index in [-0.39, 0.29) is 30.7 Å². The van der Waals surface area contributed by atoms with Crippen LogP contribution in [-0.4, -0.2) is 35.9 Å². The highest BCUT2D eigenvalue weighted by molar-refractivity contribution is 5.88. The summed E-state index contributed by atoms with van der Waals surface area (Å²) < 4.78 is 19.3. The van der Waals surface area contributed by atoms with Gasteiger partial charge in [0.2, 0.25) is 5.91 Å². The first-order chi connectivity index (χ1) is 14.5. The van der Waals surface area contributed by atoms with Crippen LogP contribution in [0.1, 0.15) is 44.2 Å². The molecule has 2 aromatic rings. The van der Waals surface area contributed by atoms with Gasteiger partial charge in [0.15, 0.2) is 18.2 Å². The third kappa shape index (κ3) is 6.87. The second kappa shape index (κ2) is 12.0. The number of carbonyl (C=O) groups is 2. The van der Waals surface area contributed by atoms with E-state index >= 15 is 0 Å². The molecular weight excluding hydrogens is 383 g/mol. The Hall–Kier alpha value is -2.89. The lowest BCUT2D eigenvalue weighted by molar-refractivity contribution is -0.143. The molecule has 1 atom stereocenters. The van der Waals surface area contributed by atoms with E-state index < -0.39 is 11.9 Å². The van der Waals surface area contributed by atoms with E-state index in [0.29, 0.717) is 13.0 Å². The first-order valence-corrected chi connectivity index (χ1v) is 10.5. The van der Waals surface area contributed by atoms with Crippen LogP contribution in [0, 0.1) is 12.7 Å². The van der Waals surface area contributed by atoms with Crippen LogP contribution in [0.2, 0.25) is 0 Å². The number of benzene rings is 2. The molecule has 0 bridgehead atoms. The van der Waals surface area contributed by atoms with Gasteiger partial charge in [-0.1, -0.05) is 62.2 Å². The van der Waals surface area contributed by atoms with E-state index in [1.54, 1.807) is 12.1 Å². The molecule has 6 heteroatoms. The number of nitrogens with zero attached hydrogens (tertiary/aromatic N) is 1. The maximum Gasteiger partial charge on any atom is 0.261 e. The van der Waals surface area contributed by atoms with Crippen LogP contribution in [0.15, 0.2) is 48.5 Å². The molecule has 0 saturated heterocycles. The molecule has 0 heterocycles. The fourth-order valence-electron chi connectivity index (χ4n) is 3.22. The SMILES string of the molecule is CCCCNC(=O)C(CC)N(Cc1cccc(C)c1)C(=O)COc1ccccc1F. The minimum atomic E-state index is -0.626. The van der Waals surface area contributed by atoms with Gasteiger partial charge in [0.1, 0.15) is 6.04 Å². The molecule has 0 aromatic heterocycles. The maximum absolute atomic E-state index is 13.8. The molecule has 0 spiro atoms. The molecule has 0 aliphatic rings. The molecule has 2 amide bonds. The van der Waals surface area contributed by atoms with Crippen LogP contribution < -0.4 is 10.1 Å². The quantitative estimate of drug-likeness (QED) is 0.560. The second-order valence-electron chi connectivity index (χ2n) is 7.30. The summed E-state index contributed by atoms with van der Waals surface area (Å²) in [6.07, 6.45) is 2.32. The number of hydrogen-bond acceptors (Lipinski definition) is 3. The topological polar surface area (TPSA) is 58.6 Å². The summed E-state index contributed by atoms with van der Waals surface area (Å²) in [7, 11) is 0. The lowest BCUT2D eigenvalue weighted by Crippen LogP contribution is -2.50. The minimum Gasteiger partial charge on any atom is -0.481 e. The van der Waals surface area contributed by atoms with E-state index in [9.17, 15) is 14.0 Å². The number of carbonyl (C=O) groups excluding carboxylic acids is 2. The lowest BCUT2D eigenvalue weighted by Gasteiger charge is -2.30. The van der Waals surface area contributed by atoms with Gasteiger partial charge in [0.25, 0.3) is 5.91 Å². The zero-order valence-electron chi connectivity index (χ0n) is 18.0. The summed E-state index contributed by atoms with van der Waals surface area (Å²) in [5, 5.41) is 2.92. The number of halogens is 1. The molecule has 2 rings (SSSR count).